The molecule has 1 heterocycles. The molecule has 104 valence electrons. The first-order chi connectivity index (χ1) is 9.81. The molecule has 1 aliphatic rings. The van der Waals surface area contributed by atoms with Crippen LogP contribution in [0.5, 0.6) is 0 Å². The summed E-state index contributed by atoms with van der Waals surface area (Å²) in [6, 6.07) is 22.4. The Kier molecular flexibility index (Phi) is 3.86. The molecule has 1 aliphatic heterocycles. The molecule has 0 spiro atoms. The van der Waals surface area contributed by atoms with Crippen molar-refractivity contribution in [2.45, 2.75) is 19.0 Å². The monoisotopic (exact) mass is 266 g/mol. The normalized spacial score (nSPS) is 22.8. The summed E-state index contributed by atoms with van der Waals surface area (Å²) in [5, 5.41) is 0. The van der Waals surface area contributed by atoms with Gasteiger partial charge in [-0.2, -0.15) is 0 Å². The molecule has 0 bridgehead atoms. The van der Waals surface area contributed by atoms with E-state index in [9.17, 15) is 0 Å². The fourth-order valence-corrected chi connectivity index (χ4v) is 3.18. The third kappa shape index (κ3) is 2.37. The Balaban J connectivity index is 1.94. The zero-order valence-corrected chi connectivity index (χ0v) is 11.9. The van der Waals surface area contributed by atoms with E-state index in [4.69, 9.17) is 5.73 Å². The van der Waals surface area contributed by atoms with Crippen LogP contribution in [0.25, 0.3) is 0 Å². The minimum Gasteiger partial charge on any atom is -0.330 e. The highest BCUT2D eigenvalue weighted by Crippen LogP contribution is 2.37. The second-order valence-corrected chi connectivity index (χ2v) is 5.66. The van der Waals surface area contributed by atoms with Gasteiger partial charge in [0.1, 0.15) is 0 Å². The summed E-state index contributed by atoms with van der Waals surface area (Å²) in [6.45, 7) is 4.17. The van der Waals surface area contributed by atoms with Crippen LogP contribution in [0.1, 0.15) is 24.1 Å². The van der Waals surface area contributed by atoms with Crippen molar-refractivity contribution < 1.29 is 0 Å². The maximum Gasteiger partial charge on any atom is 0.0604 e. The third-order valence-corrected chi connectivity index (χ3v) is 4.52. The average molecular weight is 266 g/mol. The molecule has 2 heteroatoms. The van der Waals surface area contributed by atoms with E-state index in [0.29, 0.717) is 18.0 Å². The second kappa shape index (κ2) is 5.78. The summed E-state index contributed by atoms with van der Waals surface area (Å²) < 4.78 is 0. The van der Waals surface area contributed by atoms with E-state index in [1.807, 2.05) is 0 Å². The molecule has 0 saturated carbocycles. The number of nitrogens with zero attached hydrogens (tertiary/aromatic N) is 1. The fourth-order valence-electron chi connectivity index (χ4n) is 3.18. The van der Waals surface area contributed by atoms with Gasteiger partial charge in [0.05, 0.1) is 6.04 Å². The van der Waals surface area contributed by atoms with Gasteiger partial charge in [-0.25, -0.2) is 0 Å². The molecule has 20 heavy (non-hydrogen) atoms. The number of rotatable bonds is 4. The SMILES string of the molecule is C[C@H]1[C@H](CN)CN1C(c1ccccc1)c1ccccc1. The second-order valence-electron chi connectivity index (χ2n) is 5.66. The van der Waals surface area contributed by atoms with E-state index in [1.165, 1.54) is 11.1 Å². The van der Waals surface area contributed by atoms with E-state index in [-0.39, 0.29) is 0 Å². The fraction of sp³-hybridized carbons (Fsp3) is 0.333. The maximum atomic E-state index is 5.84. The van der Waals surface area contributed by atoms with Crippen molar-refractivity contribution in [1.29, 1.82) is 0 Å². The number of likely N-dealkylation sites (tertiary alicyclic amines) is 1. The van der Waals surface area contributed by atoms with Crippen molar-refractivity contribution in [3.8, 4) is 0 Å². The van der Waals surface area contributed by atoms with Crippen LogP contribution in [-0.2, 0) is 0 Å². The Hall–Kier alpha value is -1.64. The number of nitrogens with two attached hydrogens (primary N) is 1. The molecule has 0 radical (unpaired) electrons. The summed E-state index contributed by atoms with van der Waals surface area (Å²) >= 11 is 0. The molecule has 2 nitrogen and oxygen atoms in total. The van der Waals surface area contributed by atoms with E-state index in [2.05, 4.69) is 72.5 Å². The van der Waals surface area contributed by atoms with Gasteiger partial charge >= 0.3 is 0 Å². The highest BCUT2D eigenvalue weighted by molar-refractivity contribution is 5.32. The zero-order chi connectivity index (χ0) is 13.9. The number of hydrogen-bond acceptors (Lipinski definition) is 2. The summed E-state index contributed by atoms with van der Waals surface area (Å²) in [4.78, 5) is 2.56. The molecule has 0 unspecified atom stereocenters. The molecule has 1 fully saturated rings. The first-order valence-corrected chi connectivity index (χ1v) is 7.37. The van der Waals surface area contributed by atoms with Crippen molar-refractivity contribution in [3.63, 3.8) is 0 Å². The standard InChI is InChI=1S/C18H22N2/c1-14-17(12-19)13-20(14)18(15-8-4-2-5-9-15)16-10-6-3-7-11-16/h2-11,14,17-18H,12-13,19H2,1H3/t14-,17+/m0/s1. The molecule has 2 aromatic rings. The highest BCUT2D eigenvalue weighted by atomic mass is 15.3. The third-order valence-electron chi connectivity index (χ3n) is 4.52. The molecule has 2 atom stereocenters. The maximum absolute atomic E-state index is 5.84. The van der Waals surface area contributed by atoms with Crippen molar-refractivity contribution in [2.24, 2.45) is 11.7 Å². The minimum absolute atomic E-state index is 0.343. The van der Waals surface area contributed by atoms with Crippen molar-refractivity contribution >= 4 is 0 Å². The minimum atomic E-state index is 0.343. The predicted molar refractivity (Wildman–Crippen MR) is 83.4 cm³/mol. The van der Waals surface area contributed by atoms with Crippen molar-refractivity contribution in [2.75, 3.05) is 13.1 Å². The topological polar surface area (TPSA) is 29.3 Å². The van der Waals surface area contributed by atoms with Gasteiger partial charge in [0.25, 0.3) is 0 Å². The first-order valence-electron chi connectivity index (χ1n) is 7.37. The van der Waals surface area contributed by atoms with E-state index in [1.54, 1.807) is 0 Å². The molecule has 0 amide bonds. The van der Waals surface area contributed by atoms with Crippen LogP contribution in [0.2, 0.25) is 0 Å². The molecular weight excluding hydrogens is 244 g/mol. The summed E-state index contributed by atoms with van der Waals surface area (Å²) in [5.41, 5.74) is 8.56. The predicted octanol–water partition coefficient (Wildman–Crippen LogP) is 3.06. The van der Waals surface area contributed by atoms with Crippen LogP contribution >= 0.6 is 0 Å². The number of benzene rings is 2. The molecule has 2 aromatic carbocycles. The highest BCUT2D eigenvalue weighted by Gasteiger charge is 2.39. The Morgan fingerprint density at radius 2 is 1.50 bits per heavy atom. The van der Waals surface area contributed by atoms with Crippen LogP contribution in [0, 0.1) is 5.92 Å². The van der Waals surface area contributed by atoms with Gasteiger partial charge < -0.3 is 5.73 Å². The van der Waals surface area contributed by atoms with Crippen LogP contribution < -0.4 is 5.73 Å². The Bertz CT molecular complexity index is 498. The van der Waals surface area contributed by atoms with Gasteiger partial charge in [0.15, 0.2) is 0 Å². The van der Waals surface area contributed by atoms with E-state index >= 15 is 0 Å². The summed E-state index contributed by atoms with van der Waals surface area (Å²) in [7, 11) is 0. The van der Waals surface area contributed by atoms with Gasteiger partial charge in [0, 0.05) is 12.6 Å². The molecule has 3 rings (SSSR count). The molecule has 1 saturated heterocycles. The van der Waals surface area contributed by atoms with Gasteiger partial charge in [-0.1, -0.05) is 60.7 Å². The van der Waals surface area contributed by atoms with Crippen LogP contribution in [0.15, 0.2) is 60.7 Å². The largest absolute Gasteiger partial charge is 0.330 e. The first kappa shape index (κ1) is 13.3. The van der Waals surface area contributed by atoms with Gasteiger partial charge in [-0.3, -0.25) is 4.90 Å². The van der Waals surface area contributed by atoms with Crippen molar-refractivity contribution in [1.82, 2.24) is 4.90 Å². The lowest BCUT2D eigenvalue weighted by Gasteiger charge is -2.50. The van der Waals surface area contributed by atoms with Gasteiger partial charge in [0.2, 0.25) is 0 Å². The van der Waals surface area contributed by atoms with Crippen molar-refractivity contribution in [3.05, 3.63) is 71.8 Å². The molecule has 2 N–H and O–H groups in total. The Morgan fingerprint density at radius 3 is 1.90 bits per heavy atom. The van der Waals surface area contributed by atoms with E-state index in [0.717, 1.165) is 13.1 Å². The quantitative estimate of drug-likeness (QED) is 0.921. The van der Waals surface area contributed by atoms with E-state index < -0.39 is 0 Å². The lowest BCUT2D eigenvalue weighted by atomic mass is 9.84. The van der Waals surface area contributed by atoms with Crippen LogP contribution in [0.3, 0.4) is 0 Å². The summed E-state index contributed by atoms with van der Waals surface area (Å²) in [6.07, 6.45) is 0. The van der Waals surface area contributed by atoms with Crippen LogP contribution in [0.4, 0.5) is 0 Å². The molecule has 0 aliphatic carbocycles. The molecular formula is C18H22N2. The lowest BCUT2D eigenvalue weighted by molar-refractivity contribution is 0.00498. The zero-order valence-electron chi connectivity index (χ0n) is 11.9. The Labute approximate surface area is 121 Å². The van der Waals surface area contributed by atoms with Gasteiger partial charge in [-0.05, 0) is 30.5 Å². The average Bonchev–Trinajstić information content (AvgIpc) is 2.52. The smallest absolute Gasteiger partial charge is 0.0604 e. The summed E-state index contributed by atoms with van der Waals surface area (Å²) in [5.74, 6) is 0.630. The lowest BCUT2D eigenvalue weighted by Crippen LogP contribution is -2.58. The van der Waals surface area contributed by atoms with Crippen LogP contribution in [-0.4, -0.2) is 24.0 Å². The Morgan fingerprint density at radius 1 is 1.00 bits per heavy atom. The molecule has 0 aromatic heterocycles. The van der Waals surface area contributed by atoms with Gasteiger partial charge in [-0.15, -0.1) is 0 Å². The number of hydrogen-bond donors (Lipinski definition) is 1.